The highest BCUT2D eigenvalue weighted by Gasteiger charge is 2.33. The number of hydrogen-bond donors (Lipinski definition) is 1. The van der Waals surface area contributed by atoms with Crippen molar-refractivity contribution in [1.82, 2.24) is 15.2 Å². The first-order valence-corrected chi connectivity index (χ1v) is 6.98. The Balaban J connectivity index is 1.63. The van der Waals surface area contributed by atoms with E-state index in [0.29, 0.717) is 0 Å². The Kier molecular flexibility index (Phi) is 3.89. The van der Waals surface area contributed by atoms with Crippen LogP contribution >= 0.6 is 0 Å². The van der Waals surface area contributed by atoms with Crippen LogP contribution in [-0.2, 0) is 23.9 Å². The fourth-order valence-corrected chi connectivity index (χ4v) is 2.44. The predicted molar refractivity (Wildman–Crippen MR) is 76.7 cm³/mol. The predicted octanol–water partition coefficient (Wildman–Crippen LogP) is 2.37. The van der Waals surface area contributed by atoms with Crippen molar-refractivity contribution in [3.05, 3.63) is 53.3 Å². The van der Waals surface area contributed by atoms with Crippen LogP contribution in [0.4, 0.5) is 13.2 Å². The summed E-state index contributed by atoms with van der Waals surface area (Å²) in [6, 6.07) is 8.59. The lowest BCUT2D eigenvalue weighted by Crippen LogP contribution is -2.25. The van der Waals surface area contributed by atoms with Crippen LogP contribution in [-0.4, -0.2) is 21.4 Å². The number of amides is 1. The van der Waals surface area contributed by atoms with E-state index in [1.807, 2.05) is 24.3 Å². The number of nitrogens with zero attached hydrogens (tertiary/aromatic N) is 3. The first-order valence-electron chi connectivity index (χ1n) is 6.98. The van der Waals surface area contributed by atoms with E-state index in [1.54, 1.807) is 0 Å². The molecule has 3 rings (SSSR count). The van der Waals surface area contributed by atoms with Crippen LogP contribution in [0.3, 0.4) is 0 Å². The Morgan fingerprint density at radius 2 is 2.04 bits per heavy atom. The molecule has 120 valence electrons. The van der Waals surface area contributed by atoms with Crippen LogP contribution < -0.4 is 5.43 Å². The van der Waals surface area contributed by atoms with Gasteiger partial charge in [0.25, 0.3) is 5.91 Å². The molecule has 0 atom stereocenters. The number of fused-ring (bicyclic) bond motifs is 1. The minimum absolute atomic E-state index is 0.325. The van der Waals surface area contributed by atoms with Crippen molar-refractivity contribution in [1.29, 1.82) is 0 Å². The zero-order valence-electron chi connectivity index (χ0n) is 12.0. The number of alkyl halides is 3. The smallest absolute Gasteiger partial charge is 0.271 e. The van der Waals surface area contributed by atoms with E-state index in [2.05, 4.69) is 15.6 Å². The molecule has 1 aromatic heterocycles. The second kappa shape index (κ2) is 5.86. The van der Waals surface area contributed by atoms with Gasteiger partial charge in [0.1, 0.15) is 6.54 Å². The number of halogens is 3. The van der Waals surface area contributed by atoms with Crippen molar-refractivity contribution in [2.45, 2.75) is 25.6 Å². The van der Waals surface area contributed by atoms with Crippen molar-refractivity contribution in [2.24, 2.45) is 5.10 Å². The zero-order chi connectivity index (χ0) is 16.4. The van der Waals surface area contributed by atoms with Crippen molar-refractivity contribution in [3.63, 3.8) is 0 Å². The third-order valence-electron chi connectivity index (χ3n) is 3.51. The quantitative estimate of drug-likeness (QED) is 0.882. The third kappa shape index (κ3) is 3.41. The maximum atomic E-state index is 12.4. The van der Waals surface area contributed by atoms with Gasteiger partial charge in [0.15, 0.2) is 5.69 Å². The molecule has 0 fully saturated rings. The monoisotopic (exact) mass is 322 g/mol. The van der Waals surface area contributed by atoms with Gasteiger partial charge in [-0.15, -0.1) is 0 Å². The second-order valence-electron chi connectivity index (χ2n) is 5.15. The molecule has 1 aromatic carbocycles. The summed E-state index contributed by atoms with van der Waals surface area (Å²) in [7, 11) is 0. The Bertz CT molecular complexity index is 764. The molecule has 0 unspecified atom stereocenters. The molecule has 8 heteroatoms. The molecular weight excluding hydrogens is 309 g/mol. The van der Waals surface area contributed by atoms with Gasteiger partial charge in [-0.1, -0.05) is 24.3 Å². The van der Waals surface area contributed by atoms with Gasteiger partial charge in [0, 0.05) is 11.8 Å². The number of hydrogen-bond acceptors (Lipinski definition) is 3. The molecule has 2 aromatic rings. The SMILES string of the molecule is O=C(Cn1ccc(C(F)(F)F)n1)NN=C1CCc2ccccc21. The van der Waals surface area contributed by atoms with Crippen molar-refractivity contribution < 1.29 is 18.0 Å². The molecule has 0 radical (unpaired) electrons. The minimum atomic E-state index is -4.52. The van der Waals surface area contributed by atoms with E-state index in [0.717, 1.165) is 41.1 Å². The molecule has 0 bridgehead atoms. The normalized spacial score (nSPS) is 15.7. The van der Waals surface area contributed by atoms with E-state index in [-0.39, 0.29) is 6.54 Å². The number of hydrazone groups is 1. The largest absolute Gasteiger partial charge is 0.435 e. The topological polar surface area (TPSA) is 59.3 Å². The zero-order valence-corrected chi connectivity index (χ0v) is 12.0. The average Bonchev–Trinajstić information content (AvgIpc) is 3.11. The van der Waals surface area contributed by atoms with Crippen LogP contribution in [0.2, 0.25) is 0 Å². The number of aryl methyl sites for hydroxylation is 1. The number of rotatable bonds is 3. The van der Waals surface area contributed by atoms with Crippen LogP contribution in [0.1, 0.15) is 23.2 Å². The molecule has 0 aliphatic heterocycles. The van der Waals surface area contributed by atoms with Gasteiger partial charge in [0.05, 0.1) is 5.71 Å². The summed E-state index contributed by atoms with van der Waals surface area (Å²) in [5.74, 6) is -0.529. The highest BCUT2D eigenvalue weighted by Crippen LogP contribution is 2.27. The lowest BCUT2D eigenvalue weighted by atomic mass is 10.1. The van der Waals surface area contributed by atoms with Gasteiger partial charge in [-0.05, 0) is 24.5 Å². The molecule has 1 aliphatic carbocycles. The van der Waals surface area contributed by atoms with Gasteiger partial charge >= 0.3 is 6.18 Å². The summed E-state index contributed by atoms with van der Waals surface area (Å²) >= 11 is 0. The van der Waals surface area contributed by atoms with Crippen molar-refractivity contribution in [2.75, 3.05) is 0 Å². The number of carbonyl (C=O) groups excluding carboxylic acids is 1. The summed E-state index contributed by atoms with van der Waals surface area (Å²) in [4.78, 5) is 11.8. The molecule has 0 saturated heterocycles. The molecule has 1 N–H and O–H groups in total. The van der Waals surface area contributed by atoms with Crippen LogP contribution in [0.5, 0.6) is 0 Å². The molecule has 1 aliphatic rings. The summed E-state index contributed by atoms with van der Waals surface area (Å²) in [6.07, 6.45) is -1.82. The maximum absolute atomic E-state index is 12.4. The summed E-state index contributed by atoms with van der Waals surface area (Å²) in [6.45, 7) is -0.325. The molecule has 1 heterocycles. The summed E-state index contributed by atoms with van der Waals surface area (Å²) in [5, 5.41) is 7.39. The van der Waals surface area contributed by atoms with Gasteiger partial charge in [-0.2, -0.15) is 23.4 Å². The molecule has 0 spiro atoms. The van der Waals surface area contributed by atoms with Gasteiger partial charge in [-0.25, -0.2) is 5.43 Å². The number of carbonyl (C=O) groups is 1. The Hall–Kier alpha value is -2.64. The average molecular weight is 322 g/mol. The van der Waals surface area contributed by atoms with Crippen LogP contribution in [0.25, 0.3) is 0 Å². The van der Waals surface area contributed by atoms with Crippen LogP contribution in [0, 0.1) is 0 Å². The number of nitrogens with one attached hydrogen (secondary N) is 1. The molecule has 1 amide bonds. The molecule has 0 saturated carbocycles. The van der Waals surface area contributed by atoms with Crippen molar-refractivity contribution in [3.8, 4) is 0 Å². The van der Waals surface area contributed by atoms with Gasteiger partial charge in [-0.3, -0.25) is 9.48 Å². The van der Waals surface area contributed by atoms with E-state index in [1.165, 1.54) is 5.56 Å². The van der Waals surface area contributed by atoms with Crippen LogP contribution in [0.15, 0.2) is 41.6 Å². The minimum Gasteiger partial charge on any atom is -0.271 e. The first kappa shape index (κ1) is 15.3. The molecular formula is C15H13F3N4O. The van der Waals surface area contributed by atoms with E-state index in [9.17, 15) is 18.0 Å². The third-order valence-corrected chi connectivity index (χ3v) is 3.51. The van der Waals surface area contributed by atoms with Gasteiger partial charge < -0.3 is 0 Å². The molecule has 23 heavy (non-hydrogen) atoms. The van der Waals surface area contributed by atoms with Crippen molar-refractivity contribution >= 4 is 11.6 Å². The second-order valence-corrected chi connectivity index (χ2v) is 5.15. The summed E-state index contributed by atoms with van der Waals surface area (Å²) in [5.41, 5.74) is 4.27. The maximum Gasteiger partial charge on any atom is 0.435 e. The van der Waals surface area contributed by atoms with E-state index < -0.39 is 17.8 Å². The fraction of sp³-hybridized carbons (Fsp3) is 0.267. The van der Waals surface area contributed by atoms with E-state index in [4.69, 9.17) is 0 Å². The standard InChI is InChI=1S/C15H13F3N4O/c16-15(17,18)13-7-8-22(21-13)9-14(23)20-19-12-6-5-10-3-1-2-4-11(10)12/h1-4,7-8H,5-6,9H2,(H,20,23). The number of benzene rings is 1. The lowest BCUT2D eigenvalue weighted by molar-refractivity contribution is -0.141. The Labute approximate surface area is 129 Å². The highest BCUT2D eigenvalue weighted by atomic mass is 19.4. The van der Waals surface area contributed by atoms with E-state index >= 15 is 0 Å². The Morgan fingerprint density at radius 3 is 2.78 bits per heavy atom. The number of aromatic nitrogens is 2. The summed E-state index contributed by atoms with van der Waals surface area (Å²) < 4.78 is 38.2. The highest BCUT2D eigenvalue weighted by molar-refractivity contribution is 6.04. The lowest BCUT2D eigenvalue weighted by Gasteiger charge is -2.04. The molecule has 5 nitrogen and oxygen atoms in total. The Morgan fingerprint density at radius 1 is 1.26 bits per heavy atom. The first-order chi connectivity index (χ1) is 10.9. The van der Waals surface area contributed by atoms with Gasteiger partial charge in [0.2, 0.25) is 0 Å². The fourth-order valence-electron chi connectivity index (χ4n) is 2.44.